The van der Waals surface area contributed by atoms with Crippen LogP contribution >= 0.6 is 0 Å². The molecule has 1 aliphatic heterocycles. The van der Waals surface area contributed by atoms with Crippen LogP contribution in [0.4, 0.5) is 0 Å². The molecule has 1 unspecified atom stereocenters. The van der Waals surface area contributed by atoms with E-state index in [9.17, 15) is 8.42 Å². The Labute approximate surface area is 42.4 Å². The van der Waals surface area contributed by atoms with Crippen molar-refractivity contribution in [1.82, 2.24) is 0 Å². The molecule has 1 saturated heterocycles. The van der Waals surface area contributed by atoms with E-state index in [2.05, 4.69) is 4.18 Å². The Hall–Kier alpha value is -0.0900. The van der Waals surface area contributed by atoms with Gasteiger partial charge in [-0.2, -0.15) is 8.42 Å². The maximum absolute atomic E-state index is 10.2. The Morgan fingerprint density at radius 3 is 2.14 bits per heavy atom. The highest BCUT2D eigenvalue weighted by atomic mass is 32.2. The Morgan fingerprint density at radius 1 is 1.71 bits per heavy atom. The molecular formula is C3H6O3S. The van der Waals surface area contributed by atoms with Gasteiger partial charge in [-0.1, -0.05) is 0 Å². The first kappa shape index (κ1) is 5.05. The van der Waals surface area contributed by atoms with Crippen molar-refractivity contribution in [2.45, 2.75) is 12.2 Å². The van der Waals surface area contributed by atoms with Crippen molar-refractivity contribution in [1.29, 1.82) is 0 Å². The summed E-state index contributed by atoms with van der Waals surface area (Å²) in [6.07, 6.45) is 0. The maximum atomic E-state index is 10.2. The van der Waals surface area contributed by atoms with E-state index in [4.69, 9.17) is 0 Å². The van der Waals surface area contributed by atoms with Gasteiger partial charge < -0.3 is 0 Å². The van der Waals surface area contributed by atoms with Crippen molar-refractivity contribution >= 4 is 10.1 Å². The van der Waals surface area contributed by atoms with Crippen LogP contribution in [0, 0.1) is 0 Å². The molecule has 0 radical (unpaired) electrons. The quantitative estimate of drug-likeness (QED) is 0.415. The molecule has 0 N–H and O–H groups in total. The third-order valence-electron chi connectivity index (χ3n) is 0.960. The molecule has 1 aliphatic rings. The van der Waals surface area contributed by atoms with Gasteiger partial charge in [-0.3, -0.25) is 4.18 Å². The van der Waals surface area contributed by atoms with E-state index >= 15 is 0 Å². The third kappa shape index (κ3) is 0.637. The second-order valence-electron chi connectivity index (χ2n) is 1.59. The van der Waals surface area contributed by atoms with Gasteiger partial charge in [-0.25, -0.2) is 0 Å². The van der Waals surface area contributed by atoms with E-state index in [0.717, 1.165) is 0 Å². The lowest BCUT2D eigenvalue weighted by atomic mass is 10.5. The zero-order chi connectivity index (χ0) is 5.49. The Morgan fingerprint density at radius 2 is 2.14 bits per heavy atom. The summed E-state index contributed by atoms with van der Waals surface area (Å²) in [7, 11) is -3.06. The van der Waals surface area contributed by atoms with Crippen molar-refractivity contribution < 1.29 is 12.6 Å². The molecule has 1 rings (SSSR count). The van der Waals surface area contributed by atoms with Crippen LogP contribution in [0.2, 0.25) is 0 Å². The van der Waals surface area contributed by atoms with E-state index in [1.807, 2.05) is 0 Å². The van der Waals surface area contributed by atoms with Crippen LogP contribution in [0.5, 0.6) is 0 Å². The lowest BCUT2D eigenvalue weighted by Gasteiger charge is -2.20. The summed E-state index contributed by atoms with van der Waals surface area (Å²) in [5.41, 5.74) is 0. The zero-order valence-electron chi connectivity index (χ0n) is 3.92. The highest BCUT2D eigenvalue weighted by Crippen LogP contribution is 2.14. The molecule has 1 heterocycles. The van der Waals surface area contributed by atoms with Crippen LogP contribution in [-0.2, 0) is 14.3 Å². The molecule has 0 aromatic heterocycles. The van der Waals surface area contributed by atoms with Crippen molar-refractivity contribution in [2.24, 2.45) is 0 Å². The fourth-order valence-corrected chi connectivity index (χ4v) is 0.946. The maximum Gasteiger partial charge on any atom is 0.272 e. The van der Waals surface area contributed by atoms with Crippen LogP contribution in [0.3, 0.4) is 0 Å². The van der Waals surface area contributed by atoms with Gasteiger partial charge in [0.25, 0.3) is 10.1 Å². The summed E-state index contributed by atoms with van der Waals surface area (Å²) in [6, 6.07) is 0. The van der Waals surface area contributed by atoms with Gasteiger partial charge in [-0.15, -0.1) is 0 Å². The lowest BCUT2D eigenvalue weighted by Crippen LogP contribution is -2.36. The normalized spacial score (nSPS) is 37.0. The highest BCUT2D eigenvalue weighted by molar-refractivity contribution is 7.88. The molecule has 0 saturated carbocycles. The van der Waals surface area contributed by atoms with Crippen LogP contribution in [0.25, 0.3) is 0 Å². The number of hydrogen-bond acceptors (Lipinski definition) is 3. The molecular weight excluding hydrogens is 116 g/mol. The molecule has 1 fully saturated rings. The molecule has 0 aromatic rings. The summed E-state index contributed by atoms with van der Waals surface area (Å²) in [4.78, 5) is 0. The molecule has 3 nitrogen and oxygen atoms in total. The number of hydrogen-bond donors (Lipinski definition) is 0. The molecule has 0 aliphatic carbocycles. The van der Waals surface area contributed by atoms with Crippen LogP contribution in [0.15, 0.2) is 0 Å². The molecule has 4 heteroatoms. The number of rotatable bonds is 0. The van der Waals surface area contributed by atoms with E-state index in [1.165, 1.54) is 0 Å². The topological polar surface area (TPSA) is 43.4 Å². The average Bonchev–Trinajstić information content (AvgIpc) is 1.63. The van der Waals surface area contributed by atoms with E-state index < -0.39 is 10.1 Å². The van der Waals surface area contributed by atoms with Gasteiger partial charge in [0.05, 0.1) is 6.61 Å². The average molecular weight is 122 g/mol. The first-order chi connectivity index (χ1) is 3.13. The minimum atomic E-state index is -3.06. The minimum Gasteiger partial charge on any atom is -0.268 e. The molecule has 0 bridgehead atoms. The van der Waals surface area contributed by atoms with E-state index in [0.29, 0.717) is 6.61 Å². The van der Waals surface area contributed by atoms with Crippen molar-refractivity contribution in [3.05, 3.63) is 0 Å². The fraction of sp³-hybridized carbons (Fsp3) is 1.00. The molecule has 0 aromatic carbocycles. The second-order valence-corrected chi connectivity index (χ2v) is 3.61. The Balaban J connectivity index is 2.79. The second kappa shape index (κ2) is 1.20. The molecule has 7 heavy (non-hydrogen) atoms. The van der Waals surface area contributed by atoms with Crippen LogP contribution in [0.1, 0.15) is 6.92 Å². The summed E-state index contributed by atoms with van der Waals surface area (Å²) >= 11 is 0. The predicted molar refractivity (Wildman–Crippen MR) is 24.3 cm³/mol. The predicted octanol–water partition coefficient (Wildman–Crippen LogP) is -0.265. The van der Waals surface area contributed by atoms with Gasteiger partial charge in [0.1, 0.15) is 5.25 Å². The van der Waals surface area contributed by atoms with Crippen LogP contribution in [-0.4, -0.2) is 20.3 Å². The van der Waals surface area contributed by atoms with Crippen molar-refractivity contribution in [3.8, 4) is 0 Å². The smallest absolute Gasteiger partial charge is 0.268 e. The van der Waals surface area contributed by atoms with Crippen molar-refractivity contribution in [2.75, 3.05) is 6.61 Å². The highest BCUT2D eigenvalue weighted by Gasteiger charge is 2.32. The van der Waals surface area contributed by atoms with Gasteiger partial charge in [-0.05, 0) is 6.92 Å². The zero-order valence-corrected chi connectivity index (χ0v) is 4.73. The largest absolute Gasteiger partial charge is 0.272 e. The first-order valence-corrected chi connectivity index (χ1v) is 3.48. The van der Waals surface area contributed by atoms with Crippen molar-refractivity contribution in [3.63, 3.8) is 0 Å². The fourth-order valence-electron chi connectivity index (χ4n) is 0.315. The molecule has 1 atom stereocenters. The van der Waals surface area contributed by atoms with E-state index in [1.54, 1.807) is 6.92 Å². The van der Waals surface area contributed by atoms with Gasteiger partial charge in [0.2, 0.25) is 0 Å². The van der Waals surface area contributed by atoms with Gasteiger partial charge in [0, 0.05) is 0 Å². The summed E-state index contributed by atoms with van der Waals surface area (Å²) in [6.45, 7) is 1.99. The molecule has 0 spiro atoms. The van der Waals surface area contributed by atoms with E-state index in [-0.39, 0.29) is 5.25 Å². The lowest BCUT2D eigenvalue weighted by molar-refractivity contribution is 0.252. The van der Waals surface area contributed by atoms with Gasteiger partial charge >= 0.3 is 0 Å². The summed E-state index contributed by atoms with van der Waals surface area (Å²) in [5.74, 6) is 0. The molecule has 0 amide bonds. The minimum absolute atomic E-state index is 0.271. The van der Waals surface area contributed by atoms with Crippen LogP contribution < -0.4 is 0 Å². The van der Waals surface area contributed by atoms with Gasteiger partial charge in [0.15, 0.2) is 0 Å². The summed E-state index contributed by atoms with van der Waals surface area (Å²) in [5, 5.41) is -0.271. The Bertz CT molecular complexity index is 157. The monoisotopic (exact) mass is 122 g/mol. The first-order valence-electron chi connectivity index (χ1n) is 2.01. The SMILES string of the molecule is CC1COS1(=O)=O. The third-order valence-corrected chi connectivity index (χ3v) is 2.55. The Kier molecular flexibility index (Phi) is 0.864. The summed E-state index contributed by atoms with van der Waals surface area (Å²) < 4.78 is 24.6. The molecule has 42 valence electrons. The standard InChI is InChI=1S/C3H6O3S/c1-3-2-6-7(3,4)5/h3H,2H2,1H3.